The van der Waals surface area contributed by atoms with E-state index in [1.165, 1.54) is 0 Å². The molecule has 2 aliphatic heterocycles. The average Bonchev–Trinajstić information content (AvgIpc) is 3.09. The molecule has 4 rings (SSSR count). The van der Waals surface area contributed by atoms with Crippen molar-refractivity contribution in [2.75, 3.05) is 19.7 Å². The average molecular weight is 353 g/mol. The van der Waals surface area contributed by atoms with Crippen molar-refractivity contribution in [3.05, 3.63) is 60.2 Å². The number of carbonyl (C=O) groups is 1. The van der Waals surface area contributed by atoms with Gasteiger partial charge >= 0.3 is 0 Å². The Morgan fingerprint density at radius 2 is 2.27 bits per heavy atom. The number of nitrogens with zero attached hydrogens (tertiary/aromatic N) is 3. The number of aromatic nitrogens is 2. The zero-order valence-electron chi connectivity index (χ0n) is 14.7. The molecule has 2 aromatic heterocycles. The van der Waals surface area contributed by atoms with Gasteiger partial charge in [-0.1, -0.05) is 12.1 Å². The van der Waals surface area contributed by atoms with Crippen LogP contribution in [0.4, 0.5) is 0 Å². The summed E-state index contributed by atoms with van der Waals surface area (Å²) in [6.45, 7) is 2.47. The largest absolute Gasteiger partial charge is 0.371 e. The van der Waals surface area contributed by atoms with Crippen LogP contribution in [0.15, 0.2) is 48.9 Å². The summed E-state index contributed by atoms with van der Waals surface area (Å²) in [7, 11) is 0. The molecule has 0 aromatic carbocycles. The van der Waals surface area contributed by atoms with Gasteiger partial charge in [0, 0.05) is 31.6 Å². The third-order valence-electron chi connectivity index (χ3n) is 5.09. The smallest absolute Gasteiger partial charge is 0.272 e. The van der Waals surface area contributed by atoms with E-state index in [0.29, 0.717) is 25.5 Å². The molecule has 0 aliphatic carbocycles. The number of hydrogen-bond acceptors (Lipinski definition) is 5. The summed E-state index contributed by atoms with van der Waals surface area (Å²) in [6, 6.07) is 9.34. The van der Waals surface area contributed by atoms with E-state index < -0.39 is 0 Å². The van der Waals surface area contributed by atoms with E-state index in [2.05, 4.69) is 9.97 Å². The Labute approximate surface area is 153 Å². The zero-order chi connectivity index (χ0) is 17.8. The fourth-order valence-electron chi connectivity index (χ4n) is 3.81. The molecule has 0 bridgehead atoms. The molecular weight excluding hydrogens is 330 g/mol. The molecule has 6 heteroatoms. The number of ether oxygens (including phenoxy) is 2. The molecule has 0 radical (unpaired) electrons. The van der Waals surface area contributed by atoms with Gasteiger partial charge in [-0.2, -0.15) is 0 Å². The predicted molar refractivity (Wildman–Crippen MR) is 95.5 cm³/mol. The first kappa shape index (κ1) is 17.1. The highest BCUT2D eigenvalue weighted by Gasteiger charge is 2.45. The maximum absolute atomic E-state index is 12.7. The first-order chi connectivity index (χ1) is 12.7. The molecular formula is C20H23N3O3. The lowest BCUT2D eigenvalue weighted by atomic mass is 9.89. The van der Waals surface area contributed by atoms with Gasteiger partial charge in [0.1, 0.15) is 5.69 Å². The lowest BCUT2D eigenvalue weighted by molar-refractivity contribution is -0.0467. The minimum atomic E-state index is -0.289. The Morgan fingerprint density at radius 1 is 1.31 bits per heavy atom. The second-order valence-electron chi connectivity index (χ2n) is 7.04. The number of piperidine rings is 1. The predicted octanol–water partition coefficient (Wildman–Crippen LogP) is 2.46. The highest BCUT2D eigenvalue weighted by atomic mass is 16.6. The molecule has 136 valence electrons. The van der Waals surface area contributed by atoms with Crippen LogP contribution < -0.4 is 0 Å². The SMILES string of the molecule is O=C(c1ccccn1)N1CCC[C@]2(C[C@H](OCc3cccnc3)CO2)C1. The van der Waals surface area contributed by atoms with Gasteiger partial charge in [0.25, 0.3) is 5.91 Å². The number of hydrogen-bond donors (Lipinski definition) is 0. The van der Waals surface area contributed by atoms with Crippen molar-refractivity contribution in [2.24, 2.45) is 0 Å². The number of rotatable bonds is 4. The first-order valence-corrected chi connectivity index (χ1v) is 9.09. The normalized spacial score (nSPS) is 25.5. The van der Waals surface area contributed by atoms with Crippen LogP contribution in [0.2, 0.25) is 0 Å². The van der Waals surface area contributed by atoms with Crippen LogP contribution in [0.1, 0.15) is 35.3 Å². The molecule has 2 saturated heterocycles. The van der Waals surface area contributed by atoms with Gasteiger partial charge in [0.2, 0.25) is 0 Å². The van der Waals surface area contributed by atoms with E-state index in [-0.39, 0.29) is 17.6 Å². The molecule has 4 heterocycles. The summed E-state index contributed by atoms with van der Waals surface area (Å²) >= 11 is 0. The van der Waals surface area contributed by atoms with Crippen molar-refractivity contribution in [3.8, 4) is 0 Å². The minimum absolute atomic E-state index is 0.0204. The number of amides is 1. The highest BCUT2D eigenvalue weighted by molar-refractivity contribution is 5.92. The van der Waals surface area contributed by atoms with Gasteiger partial charge in [0.15, 0.2) is 0 Å². The first-order valence-electron chi connectivity index (χ1n) is 9.09. The number of pyridine rings is 2. The van der Waals surface area contributed by atoms with Crippen molar-refractivity contribution >= 4 is 5.91 Å². The van der Waals surface area contributed by atoms with E-state index >= 15 is 0 Å². The quantitative estimate of drug-likeness (QED) is 0.845. The van der Waals surface area contributed by atoms with E-state index in [1.807, 2.05) is 35.4 Å². The van der Waals surface area contributed by atoms with E-state index in [9.17, 15) is 4.79 Å². The van der Waals surface area contributed by atoms with Gasteiger partial charge in [0.05, 0.1) is 31.5 Å². The van der Waals surface area contributed by atoms with Crippen LogP contribution in [-0.2, 0) is 16.1 Å². The minimum Gasteiger partial charge on any atom is -0.371 e. The third kappa shape index (κ3) is 3.76. The zero-order valence-corrected chi connectivity index (χ0v) is 14.7. The Morgan fingerprint density at radius 3 is 3.08 bits per heavy atom. The molecule has 0 saturated carbocycles. The molecule has 2 atom stereocenters. The Bertz CT molecular complexity index is 740. The summed E-state index contributed by atoms with van der Waals surface area (Å²) in [5.74, 6) is -0.0204. The molecule has 2 fully saturated rings. The van der Waals surface area contributed by atoms with Crippen molar-refractivity contribution in [1.82, 2.24) is 14.9 Å². The van der Waals surface area contributed by atoms with Crippen molar-refractivity contribution in [1.29, 1.82) is 0 Å². The van der Waals surface area contributed by atoms with E-state index in [1.54, 1.807) is 18.5 Å². The molecule has 6 nitrogen and oxygen atoms in total. The molecule has 2 aliphatic rings. The van der Waals surface area contributed by atoms with Gasteiger partial charge < -0.3 is 14.4 Å². The fourth-order valence-corrected chi connectivity index (χ4v) is 3.81. The molecule has 0 N–H and O–H groups in total. The van der Waals surface area contributed by atoms with Gasteiger partial charge in [-0.25, -0.2) is 0 Å². The lowest BCUT2D eigenvalue weighted by Crippen LogP contribution is -2.50. The van der Waals surface area contributed by atoms with E-state index in [0.717, 1.165) is 31.4 Å². The molecule has 0 unspecified atom stereocenters. The van der Waals surface area contributed by atoms with Crippen LogP contribution in [0.3, 0.4) is 0 Å². The highest BCUT2D eigenvalue weighted by Crippen LogP contribution is 2.36. The summed E-state index contributed by atoms with van der Waals surface area (Å²) < 4.78 is 12.2. The number of carbonyl (C=O) groups excluding carboxylic acids is 1. The lowest BCUT2D eigenvalue weighted by Gasteiger charge is -2.39. The standard InChI is InChI=1S/C20H23N3O3/c24-19(18-6-1-2-9-22-18)23-10-4-7-20(15-23)11-17(14-26-20)25-13-16-5-3-8-21-12-16/h1-3,5-6,8-9,12,17H,4,7,10-11,13-15H2/t17-,20-/m0/s1. The fraction of sp³-hybridized carbons (Fsp3) is 0.450. The Hall–Kier alpha value is -2.31. The molecule has 26 heavy (non-hydrogen) atoms. The van der Waals surface area contributed by atoms with Crippen LogP contribution in [0.25, 0.3) is 0 Å². The maximum atomic E-state index is 12.7. The van der Waals surface area contributed by atoms with E-state index in [4.69, 9.17) is 9.47 Å². The summed E-state index contributed by atoms with van der Waals surface area (Å²) in [5.41, 5.74) is 1.26. The third-order valence-corrected chi connectivity index (χ3v) is 5.09. The topological polar surface area (TPSA) is 64.6 Å². The van der Waals surface area contributed by atoms with Gasteiger partial charge in [-0.3, -0.25) is 14.8 Å². The van der Waals surface area contributed by atoms with Gasteiger partial charge in [-0.05, 0) is 36.6 Å². The monoisotopic (exact) mass is 353 g/mol. The Kier molecular flexibility index (Phi) is 4.95. The second-order valence-corrected chi connectivity index (χ2v) is 7.04. The van der Waals surface area contributed by atoms with Crippen molar-refractivity contribution < 1.29 is 14.3 Å². The maximum Gasteiger partial charge on any atom is 0.272 e. The van der Waals surface area contributed by atoms with Crippen molar-refractivity contribution in [3.63, 3.8) is 0 Å². The Balaban J connectivity index is 1.36. The summed E-state index contributed by atoms with van der Waals surface area (Å²) in [4.78, 5) is 22.9. The number of likely N-dealkylation sites (tertiary alicyclic amines) is 1. The van der Waals surface area contributed by atoms with Crippen LogP contribution in [0, 0.1) is 0 Å². The van der Waals surface area contributed by atoms with Gasteiger partial charge in [-0.15, -0.1) is 0 Å². The molecule has 1 spiro atoms. The molecule has 2 aromatic rings. The second kappa shape index (κ2) is 7.51. The summed E-state index contributed by atoms with van der Waals surface area (Å²) in [6.07, 6.45) is 8.01. The van der Waals surface area contributed by atoms with Crippen LogP contribution in [0.5, 0.6) is 0 Å². The van der Waals surface area contributed by atoms with Crippen LogP contribution >= 0.6 is 0 Å². The van der Waals surface area contributed by atoms with Crippen molar-refractivity contribution in [2.45, 2.75) is 37.6 Å². The molecule has 1 amide bonds. The van der Waals surface area contributed by atoms with Crippen LogP contribution in [-0.4, -0.2) is 52.2 Å². The summed E-state index contributed by atoms with van der Waals surface area (Å²) in [5, 5.41) is 0.